The summed E-state index contributed by atoms with van der Waals surface area (Å²) in [6.45, 7) is 1.85. The number of nitrogens with two attached hydrogens (primary N) is 1. The summed E-state index contributed by atoms with van der Waals surface area (Å²) in [6.07, 6.45) is 1.09. The molecule has 0 aliphatic carbocycles. The summed E-state index contributed by atoms with van der Waals surface area (Å²) in [5.74, 6) is 0.261. The average molecular weight is 219 g/mol. The second-order valence-corrected chi connectivity index (χ2v) is 3.88. The molecule has 0 aromatic carbocycles. The SMILES string of the molecule is CNC1CCN(c2cc[c]c(C(N)=O)n2)C1. The van der Waals surface area contributed by atoms with Crippen molar-refractivity contribution >= 4 is 11.7 Å². The number of rotatable bonds is 3. The van der Waals surface area contributed by atoms with Crippen LogP contribution in [0.2, 0.25) is 0 Å². The molecule has 1 atom stereocenters. The van der Waals surface area contributed by atoms with Crippen LogP contribution in [0, 0.1) is 6.07 Å². The fourth-order valence-electron chi connectivity index (χ4n) is 1.89. The van der Waals surface area contributed by atoms with Gasteiger partial charge in [-0.3, -0.25) is 4.79 Å². The van der Waals surface area contributed by atoms with Crippen LogP contribution in [0.25, 0.3) is 0 Å². The summed E-state index contributed by atoms with van der Waals surface area (Å²) in [4.78, 5) is 17.3. The zero-order valence-electron chi connectivity index (χ0n) is 9.23. The second-order valence-electron chi connectivity index (χ2n) is 3.88. The van der Waals surface area contributed by atoms with Crippen molar-refractivity contribution in [3.05, 3.63) is 23.9 Å². The van der Waals surface area contributed by atoms with Crippen molar-refractivity contribution in [3.8, 4) is 0 Å². The van der Waals surface area contributed by atoms with Gasteiger partial charge >= 0.3 is 0 Å². The Kier molecular flexibility index (Phi) is 3.05. The van der Waals surface area contributed by atoms with Crippen molar-refractivity contribution in [1.82, 2.24) is 10.3 Å². The molecule has 2 rings (SSSR count). The van der Waals surface area contributed by atoms with Crippen LogP contribution in [0.15, 0.2) is 12.1 Å². The molecule has 1 aromatic rings. The van der Waals surface area contributed by atoms with Crippen molar-refractivity contribution in [2.75, 3.05) is 25.0 Å². The highest BCUT2D eigenvalue weighted by Gasteiger charge is 2.22. The molecule has 2 heterocycles. The van der Waals surface area contributed by atoms with Gasteiger partial charge in [-0.1, -0.05) is 0 Å². The van der Waals surface area contributed by atoms with E-state index in [1.54, 1.807) is 6.07 Å². The predicted molar refractivity (Wildman–Crippen MR) is 61.3 cm³/mol. The minimum Gasteiger partial charge on any atom is -0.364 e. The smallest absolute Gasteiger partial charge is 0.268 e. The van der Waals surface area contributed by atoms with E-state index in [9.17, 15) is 4.79 Å². The van der Waals surface area contributed by atoms with E-state index in [0.29, 0.717) is 6.04 Å². The van der Waals surface area contributed by atoms with Crippen LogP contribution >= 0.6 is 0 Å². The summed E-state index contributed by atoms with van der Waals surface area (Å²) < 4.78 is 0. The van der Waals surface area contributed by atoms with E-state index in [2.05, 4.69) is 21.3 Å². The number of anilines is 1. The molecule has 1 amide bonds. The topological polar surface area (TPSA) is 71.2 Å². The second kappa shape index (κ2) is 4.49. The van der Waals surface area contributed by atoms with Crippen LogP contribution < -0.4 is 16.0 Å². The highest BCUT2D eigenvalue weighted by Crippen LogP contribution is 2.17. The third-order valence-electron chi connectivity index (χ3n) is 2.83. The molecule has 1 aromatic heterocycles. The maximum atomic E-state index is 11.0. The number of amides is 1. The number of carbonyl (C=O) groups is 1. The minimum atomic E-state index is -0.536. The molecule has 5 heteroatoms. The number of nitrogens with zero attached hydrogens (tertiary/aromatic N) is 2. The van der Waals surface area contributed by atoms with Gasteiger partial charge in [0.1, 0.15) is 11.5 Å². The van der Waals surface area contributed by atoms with E-state index in [4.69, 9.17) is 5.73 Å². The number of carbonyl (C=O) groups excluding carboxylic acids is 1. The fourth-order valence-corrected chi connectivity index (χ4v) is 1.89. The molecular formula is C11H15N4O. The standard InChI is InChI=1S/C11H15N4O/c1-13-8-5-6-15(7-8)10-4-2-3-9(14-10)11(12)16/h2,4,8,13H,5-7H2,1H3,(H2,12,16). The van der Waals surface area contributed by atoms with Gasteiger partial charge in [0, 0.05) is 25.2 Å². The van der Waals surface area contributed by atoms with Crippen LogP contribution in [0.3, 0.4) is 0 Å². The minimum absolute atomic E-state index is 0.199. The summed E-state index contributed by atoms with van der Waals surface area (Å²) in [5, 5.41) is 3.23. The van der Waals surface area contributed by atoms with Crippen molar-refractivity contribution in [2.24, 2.45) is 5.73 Å². The molecule has 1 aliphatic heterocycles. The molecular weight excluding hydrogens is 204 g/mol. The summed E-state index contributed by atoms with van der Waals surface area (Å²) in [6, 6.07) is 6.76. The molecule has 1 aliphatic rings. The van der Waals surface area contributed by atoms with Gasteiger partial charge < -0.3 is 16.0 Å². The number of nitrogens with one attached hydrogen (secondary N) is 1. The lowest BCUT2D eigenvalue weighted by atomic mass is 10.3. The number of primary amides is 1. The first-order chi connectivity index (χ1) is 7.70. The predicted octanol–water partition coefficient (Wildman–Crippen LogP) is -0.221. The fraction of sp³-hybridized carbons (Fsp3) is 0.455. The Morgan fingerprint density at radius 3 is 3.19 bits per heavy atom. The van der Waals surface area contributed by atoms with Gasteiger partial charge in [-0.15, -0.1) is 0 Å². The van der Waals surface area contributed by atoms with Gasteiger partial charge in [0.2, 0.25) is 0 Å². The van der Waals surface area contributed by atoms with Gasteiger partial charge in [0.15, 0.2) is 0 Å². The molecule has 1 unspecified atom stereocenters. The third-order valence-corrected chi connectivity index (χ3v) is 2.83. The van der Waals surface area contributed by atoms with Crippen molar-refractivity contribution in [3.63, 3.8) is 0 Å². The Morgan fingerprint density at radius 1 is 1.75 bits per heavy atom. The lowest BCUT2D eigenvalue weighted by Gasteiger charge is -2.17. The molecule has 3 N–H and O–H groups in total. The van der Waals surface area contributed by atoms with E-state index in [1.807, 2.05) is 13.1 Å². The van der Waals surface area contributed by atoms with Crippen LogP contribution in [-0.2, 0) is 0 Å². The quantitative estimate of drug-likeness (QED) is 0.737. The highest BCUT2D eigenvalue weighted by molar-refractivity contribution is 5.90. The first-order valence-corrected chi connectivity index (χ1v) is 5.31. The molecule has 0 spiro atoms. The molecule has 85 valence electrons. The zero-order chi connectivity index (χ0) is 11.5. The molecule has 5 nitrogen and oxygen atoms in total. The lowest BCUT2D eigenvalue weighted by molar-refractivity contribution is 0.0995. The first-order valence-electron chi connectivity index (χ1n) is 5.31. The highest BCUT2D eigenvalue weighted by atomic mass is 16.1. The van der Waals surface area contributed by atoms with E-state index < -0.39 is 5.91 Å². The number of hydrogen-bond donors (Lipinski definition) is 2. The van der Waals surface area contributed by atoms with Crippen LogP contribution in [0.5, 0.6) is 0 Å². The molecule has 0 saturated carbocycles. The number of hydrogen-bond acceptors (Lipinski definition) is 4. The van der Waals surface area contributed by atoms with Gasteiger partial charge in [-0.2, -0.15) is 0 Å². The Morgan fingerprint density at radius 2 is 2.56 bits per heavy atom. The number of likely N-dealkylation sites (N-methyl/N-ethyl adjacent to an activating group) is 1. The third kappa shape index (κ3) is 2.14. The van der Waals surface area contributed by atoms with E-state index in [1.165, 1.54) is 0 Å². The summed E-state index contributed by atoms with van der Waals surface area (Å²) >= 11 is 0. The molecule has 1 radical (unpaired) electrons. The van der Waals surface area contributed by atoms with Gasteiger partial charge in [0.25, 0.3) is 5.91 Å². The largest absolute Gasteiger partial charge is 0.364 e. The lowest BCUT2D eigenvalue weighted by Crippen LogP contribution is -2.30. The Balaban J connectivity index is 2.15. The van der Waals surface area contributed by atoms with Gasteiger partial charge in [-0.25, -0.2) is 4.98 Å². The maximum Gasteiger partial charge on any atom is 0.268 e. The Bertz CT molecular complexity index is 393. The first kappa shape index (κ1) is 10.9. The Hall–Kier alpha value is -1.62. The van der Waals surface area contributed by atoms with E-state index in [-0.39, 0.29) is 5.69 Å². The zero-order valence-corrected chi connectivity index (χ0v) is 9.23. The number of pyridine rings is 1. The normalized spacial score (nSPS) is 20.1. The van der Waals surface area contributed by atoms with Crippen LogP contribution in [0.4, 0.5) is 5.82 Å². The summed E-state index contributed by atoms with van der Waals surface area (Å²) in [7, 11) is 1.95. The van der Waals surface area contributed by atoms with Gasteiger partial charge in [0.05, 0.1) is 0 Å². The van der Waals surface area contributed by atoms with E-state index in [0.717, 1.165) is 25.3 Å². The molecule has 1 saturated heterocycles. The van der Waals surface area contributed by atoms with E-state index >= 15 is 0 Å². The van der Waals surface area contributed by atoms with Crippen molar-refractivity contribution in [1.29, 1.82) is 0 Å². The maximum absolute atomic E-state index is 11.0. The molecule has 16 heavy (non-hydrogen) atoms. The van der Waals surface area contributed by atoms with Crippen molar-refractivity contribution in [2.45, 2.75) is 12.5 Å². The Labute approximate surface area is 94.6 Å². The number of aromatic nitrogens is 1. The monoisotopic (exact) mass is 219 g/mol. The van der Waals surface area contributed by atoms with Crippen LogP contribution in [0.1, 0.15) is 16.9 Å². The van der Waals surface area contributed by atoms with Crippen LogP contribution in [-0.4, -0.2) is 37.1 Å². The van der Waals surface area contributed by atoms with Crippen molar-refractivity contribution < 1.29 is 4.79 Å². The average Bonchev–Trinajstić information content (AvgIpc) is 2.77. The molecule has 1 fully saturated rings. The van der Waals surface area contributed by atoms with Gasteiger partial charge in [-0.05, 0) is 25.6 Å². The molecule has 0 bridgehead atoms. The summed E-state index contributed by atoms with van der Waals surface area (Å²) in [5.41, 5.74) is 5.37.